The van der Waals surface area contributed by atoms with Crippen LogP contribution in [0.3, 0.4) is 0 Å². The first-order valence-corrected chi connectivity index (χ1v) is 8.16. The Bertz CT molecular complexity index is 439. The lowest BCUT2D eigenvalue weighted by Crippen LogP contribution is -2.16. The van der Waals surface area contributed by atoms with E-state index in [4.69, 9.17) is 9.84 Å². The van der Waals surface area contributed by atoms with E-state index in [0.29, 0.717) is 5.92 Å². The Morgan fingerprint density at radius 3 is 2.64 bits per heavy atom. The van der Waals surface area contributed by atoms with Gasteiger partial charge >= 0.3 is 5.97 Å². The highest BCUT2D eigenvalue weighted by molar-refractivity contribution is 5.71. The van der Waals surface area contributed by atoms with Gasteiger partial charge in [-0.3, -0.25) is 4.79 Å². The van der Waals surface area contributed by atoms with E-state index in [1.54, 1.807) is 0 Å². The molecule has 2 unspecified atom stereocenters. The second kappa shape index (κ2) is 11.0. The Labute approximate surface area is 134 Å². The van der Waals surface area contributed by atoms with E-state index in [1.807, 2.05) is 13.0 Å². The van der Waals surface area contributed by atoms with Crippen molar-refractivity contribution in [2.24, 2.45) is 5.92 Å². The van der Waals surface area contributed by atoms with Crippen LogP contribution in [-0.4, -0.2) is 24.3 Å². The van der Waals surface area contributed by atoms with Crippen molar-refractivity contribution in [1.29, 1.82) is 0 Å². The number of allylic oxidation sites excluding steroid dienone is 2. The molecule has 1 N–H and O–H groups in total. The van der Waals surface area contributed by atoms with Gasteiger partial charge in [0, 0.05) is 0 Å². The van der Waals surface area contributed by atoms with E-state index >= 15 is 0 Å². The van der Waals surface area contributed by atoms with E-state index in [1.165, 1.54) is 5.56 Å². The average Bonchev–Trinajstić information content (AvgIpc) is 2.56. The number of aliphatic hydroxyl groups excluding tert-OH is 1. The molecule has 0 saturated heterocycles. The number of ether oxygens (including phenoxy) is 1. The Balaban J connectivity index is 2.29. The fourth-order valence-electron chi connectivity index (χ4n) is 2.39. The van der Waals surface area contributed by atoms with Crippen LogP contribution >= 0.6 is 0 Å². The van der Waals surface area contributed by atoms with Gasteiger partial charge < -0.3 is 9.84 Å². The van der Waals surface area contributed by atoms with Crippen molar-refractivity contribution in [3.63, 3.8) is 0 Å². The summed E-state index contributed by atoms with van der Waals surface area (Å²) in [5, 5.41) is 8.62. The maximum absolute atomic E-state index is 11.5. The standard InChI is InChI=1S/C19H28O3/c1-3-17(18-12-8-5-9-13-18)11-7-4-6-10-16(2)19(21)22-15-14-20/h4-5,7-9,12-13,16-17,20H,3,6,10-11,14-15H2,1-2H3. The number of hydrogen-bond acceptors (Lipinski definition) is 3. The monoisotopic (exact) mass is 304 g/mol. The van der Waals surface area contributed by atoms with Gasteiger partial charge in [-0.15, -0.1) is 0 Å². The molecule has 1 aromatic rings. The Morgan fingerprint density at radius 1 is 1.27 bits per heavy atom. The van der Waals surface area contributed by atoms with Crippen LogP contribution in [0.5, 0.6) is 0 Å². The molecule has 3 heteroatoms. The normalized spacial score (nSPS) is 14.0. The summed E-state index contributed by atoms with van der Waals surface area (Å²) in [7, 11) is 0. The first kappa shape index (κ1) is 18.4. The molecule has 3 nitrogen and oxygen atoms in total. The molecular formula is C19H28O3. The fraction of sp³-hybridized carbons (Fsp3) is 0.526. The van der Waals surface area contributed by atoms with Gasteiger partial charge in [0.25, 0.3) is 0 Å². The zero-order valence-electron chi connectivity index (χ0n) is 13.7. The molecule has 0 fully saturated rings. The number of hydrogen-bond donors (Lipinski definition) is 1. The minimum atomic E-state index is -0.224. The van der Waals surface area contributed by atoms with E-state index in [9.17, 15) is 4.79 Å². The summed E-state index contributed by atoms with van der Waals surface area (Å²) in [5.74, 6) is 0.217. The highest BCUT2D eigenvalue weighted by Crippen LogP contribution is 2.23. The molecule has 0 radical (unpaired) electrons. The molecule has 0 amide bonds. The minimum absolute atomic E-state index is 0.0915. The predicted octanol–water partition coefficient (Wildman–Crippen LogP) is 4.08. The summed E-state index contributed by atoms with van der Waals surface area (Å²) in [6.07, 6.45) is 8.18. The molecule has 122 valence electrons. The third-order valence-electron chi connectivity index (χ3n) is 3.86. The number of benzene rings is 1. The SMILES string of the molecule is CCC(CC=CCCC(C)C(=O)OCCO)c1ccccc1. The number of carbonyl (C=O) groups is 1. The maximum atomic E-state index is 11.5. The minimum Gasteiger partial charge on any atom is -0.463 e. The zero-order chi connectivity index (χ0) is 16.2. The zero-order valence-corrected chi connectivity index (χ0v) is 13.7. The van der Waals surface area contributed by atoms with Crippen molar-refractivity contribution >= 4 is 5.97 Å². The average molecular weight is 304 g/mol. The Hall–Kier alpha value is -1.61. The molecule has 1 aromatic carbocycles. The van der Waals surface area contributed by atoms with Crippen LogP contribution in [0.25, 0.3) is 0 Å². The van der Waals surface area contributed by atoms with Gasteiger partial charge in [0.15, 0.2) is 0 Å². The third-order valence-corrected chi connectivity index (χ3v) is 3.86. The van der Waals surface area contributed by atoms with E-state index < -0.39 is 0 Å². The summed E-state index contributed by atoms with van der Waals surface area (Å²) < 4.78 is 4.91. The first-order valence-electron chi connectivity index (χ1n) is 8.16. The van der Waals surface area contributed by atoms with E-state index in [-0.39, 0.29) is 25.1 Å². The van der Waals surface area contributed by atoms with Crippen molar-refractivity contribution < 1.29 is 14.6 Å². The number of esters is 1. The Morgan fingerprint density at radius 2 is 2.00 bits per heavy atom. The number of rotatable bonds is 10. The smallest absolute Gasteiger partial charge is 0.308 e. The topological polar surface area (TPSA) is 46.5 Å². The molecule has 22 heavy (non-hydrogen) atoms. The molecule has 0 saturated carbocycles. The van der Waals surface area contributed by atoms with Gasteiger partial charge in [-0.1, -0.05) is 56.3 Å². The number of aliphatic hydroxyl groups is 1. The number of carbonyl (C=O) groups excluding carboxylic acids is 1. The third kappa shape index (κ3) is 6.90. The summed E-state index contributed by atoms with van der Waals surface area (Å²) >= 11 is 0. The van der Waals surface area contributed by atoms with Crippen LogP contribution in [-0.2, 0) is 9.53 Å². The first-order chi connectivity index (χ1) is 10.7. The highest BCUT2D eigenvalue weighted by Gasteiger charge is 2.13. The fourth-order valence-corrected chi connectivity index (χ4v) is 2.39. The van der Waals surface area contributed by atoms with Gasteiger partial charge in [0.1, 0.15) is 6.61 Å². The van der Waals surface area contributed by atoms with Crippen molar-refractivity contribution in [3.05, 3.63) is 48.0 Å². The molecule has 0 aromatic heterocycles. The lowest BCUT2D eigenvalue weighted by atomic mass is 9.93. The lowest BCUT2D eigenvalue weighted by molar-refractivity contribution is -0.149. The van der Waals surface area contributed by atoms with Gasteiger partial charge in [0.05, 0.1) is 12.5 Å². The largest absolute Gasteiger partial charge is 0.463 e. The molecule has 0 aliphatic heterocycles. The summed E-state index contributed by atoms with van der Waals surface area (Å²) in [4.78, 5) is 11.5. The molecule has 0 spiro atoms. The molecule has 0 aliphatic carbocycles. The summed E-state index contributed by atoms with van der Waals surface area (Å²) in [5.41, 5.74) is 1.38. The van der Waals surface area contributed by atoms with Crippen molar-refractivity contribution in [2.75, 3.05) is 13.2 Å². The molecular weight excluding hydrogens is 276 g/mol. The maximum Gasteiger partial charge on any atom is 0.308 e. The molecule has 0 aliphatic rings. The van der Waals surface area contributed by atoms with Crippen LogP contribution in [0.1, 0.15) is 51.0 Å². The second-order valence-electron chi connectivity index (χ2n) is 5.59. The van der Waals surface area contributed by atoms with Crippen molar-refractivity contribution in [2.45, 2.75) is 45.4 Å². The van der Waals surface area contributed by atoms with E-state index in [2.05, 4.69) is 43.3 Å². The molecule has 0 bridgehead atoms. The van der Waals surface area contributed by atoms with Crippen LogP contribution in [0, 0.1) is 5.92 Å². The molecule has 2 atom stereocenters. The van der Waals surface area contributed by atoms with E-state index in [0.717, 1.165) is 25.7 Å². The van der Waals surface area contributed by atoms with Gasteiger partial charge in [-0.2, -0.15) is 0 Å². The summed E-state index contributed by atoms with van der Waals surface area (Å²) in [6, 6.07) is 10.6. The van der Waals surface area contributed by atoms with Gasteiger partial charge in [0.2, 0.25) is 0 Å². The van der Waals surface area contributed by atoms with Crippen LogP contribution in [0.4, 0.5) is 0 Å². The van der Waals surface area contributed by atoms with Gasteiger partial charge in [-0.05, 0) is 37.2 Å². The molecule has 1 rings (SSSR count). The van der Waals surface area contributed by atoms with Crippen LogP contribution in [0.15, 0.2) is 42.5 Å². The quantitative estimate of drug-likeness (QED) is 0.523. The second-order valence-corrected chi connectivity index (χ2v) is 5.59. The van der Waals surface area contributed by atoms with Crippen LogP contribution in [0.2, 0.25) is 0 Å². The summed E-state index contributed by atoms with van der Waals surface area (Å²) in [6.45, 7) is 4.06. The van der Waals surface area contributed by atoms with Crippen molar-refractivity contribution in [1.82, 2.24) is 0 Å². The lowest BCUT2D eigenvalue weighted by Gasteiger charge is -2.13. The highest BCUT2D eigenvalue weighted by atomic mass is 16.5. The predicted molar refractivity (Wildman–Crippen MR) is 89.7 cm³/mol. The van der Waals surface area contributed by atoms with Crippen LogP contribution < -0.4 is 0 Å². The van der Waals surface area contributed by atoms with Gasteiger partial charge in [-0.25, -0.2) is 0 Å². The van der Waals surface area contributed by atoms with Crippen molar-refractivity contribution in [3.8, 4) is 0 Å². The molecule has 0 heterocycles. The Kier molecular flexibility index (Phi) is 9.24.